The van der Waals surface area contributed by atoms with E-state index in [-0.39, 0.29) is 0 Å². The number of fused-ring (bicyclic) bond motifs is 1. The average Bonchev–Trinajstić information content (AvgIpc) is 3.32. The van der Waals surface area contributed by atoms with Crippen LogP contribution in [-0.4, -0.2) is 49.6 Å². The Morgan fingerprint density at radius 2 is 1.92 bits per heavy atom. The molecule has 0 saturated carbocycles. The highest BCUT2D eigenvalue weighted by molar-refractivity contribution is 7.99. The second-order valence-electron chi connectivity index (χ2n) is 9.67. The van der Waals surface area contributed by atoms with Crippen LogP contribution in [0.4, 0.5) is 30.6 Å². The molecule has 0 aliphatic carbocycles. The maximum atomic E-state index is 12.8. The Balaban J connectivity index is 1.19. The highest BCUT2D eigenvalue weighted by Crippen LogP contribution is 2.34. The summed E-state index contributed by atoms with van der Waals surface area (Å²) in [5.74, 6) is 1.21. The van der Waals surface area contributed by atoms with Gasteiger partial charge in [-0.2, -0.15) is 13.2 Å². The molecule has 1 saturated heterocycles. The number of piperidine rings is 1. The van der Waals surface area contributed by atoms with Crippen molar-refractivity contribution in [3.8, 4) is 0 Å². The molecular weight excluding hydrogens is 511 g/mol. The monoisotopic (exact) mass is 541 g/mol. The Morgan fingerprint density at radius 1 is 1.13 bits per heavy atom. The lowest BCUT2D eigenvalue weighted by Crippen LogP contribution is -2.46. The molecule has 0 unspecified atom stereocenters. The van der Waals surface area contributed by atoms with Crippen molar-refractivity contribution < 1.29 is 13.2 Å². The van der Waals surface area contributed by atoms with E-state index in [1.807, 2.05) is 24.6 Å². The van der Waals surface area contributed by atoms with Crippen molar-refractivity contribution in [1.82, 2.24) is 24.8 Å². The third-order valence-electron chi connectivity index (χ3n) is 7.16. The summed E-state index contributed by atoms with van der Waals surface area (Å²) in [7, 11) is 0. The SMILES string of the molecule is C=C(c1ccnc(NSC)c1)N1CC[C@@H](N2Cc3cnc(Nc4ccc(C(F)(F)F)cc4)nc3C2)C[C@H]1C. The molecule has 3 aromatic rings. The predicted molar refractivity (Wildman–Crippen MR) is 146 cm³/mol. The van der Waals surface area contributed by atoms with Crippen molar-refractivity contribution in [2.75, 3.05) is 22.8 Å². The number of halogens is 3. The predicted octanol–water partition coefficient (Wildman–Crippen LogP) is 6.16. The minimum Gasteiger partial charge on any atom is -0.369 e. The number of hydrogen-bond donors (Lipinski definition) is 2. The Hall–Kier alpha value is -3.31. The van der Waals surface area contributed by atoms with Crippen molar-refractivity contribution in [2.45, 2.75) is 51.1 Å². The number of pyridine rings is 1. The van der Waals surface area contributed by atoms with Gasteiger partial charge < -0.3 is 14.9 Å². The molecule has 2 aromatic heterocycles. The van der Waals surface area contributed by atoms with Crippen LogP contribution in [0.5, 0.6) is 0 Å². The van der Waals surface area contributed by atoms with Crippen molar-refractivity contribution in [1.29, 1.82) is 0 Å². The van der Waals surface area contributed by atoms with Crippen molar-refractivity contribution >= 4 is 35.1 Å². The highest BCUT2D eigenvalue weighted by Gasteiger charge is 2.34. The summed E-state index contributed by atoms with van der Waals surface area (Å²) in [5.41, 5.74) is 3.96. The summed E-state index contributed by atoms with van der Waals surface area (Å²) in [6.07, 6.45) is 3.26. The van der Waals surface area contributed by atoms with Gasteiger partial charge in [-0.05, 0) is 56.2 Å². The number of likely N-dealkylation sites (tertiary alicyclic amines) is 1. The quantitative estimate of drug-likeness (QED) is 0.345. The molecule has 1 aromatic carbocycles. The number of hydrogen-bond acceptors (Lipinski definition) is 8. The molecule has 11 heteroatoms. The lowest BCUT2D eigenvalue weighted by atomic mass is 9.95. The smallest absolute Gasteiger partial charge is 0.369 e. The van der Waals surface area contributed by atoms with E-state index in [0.717, 1.165) is 72.9 Å². The minimum atomic E-state index is -4.36. The van der Waals surface area contributed by atoms with E-state index in [1.165, 1.54) is 24.1 Å². The third kappa shape index (κ3) is 5.73. The van der Waals surface area contributed by atoms with E-state index < -0.39 is 11.7 Å². The van der Waals surface area contributed by atoms with Crippen LogP contribution in [0, 0.1) is 0 Å². The largest absolute Gasteiger partial charge is 0.416 e. The molecule has 1 fully saturated rings. The van der Waals surface area contributed by atoms with Crippen molar-refractivity contribution in [3.05, 3.63) is 77.8 Å². The molecule has 2 aliphatic heterocycles. The summed E-state index contributed by atoms with van der Waals surface area (Å²) in [6.45, 7) is 9.07. The van der Waals surface area contributed by atoms with Gasteiger partial charge in [0.25, 0.3) is 0 Å². The second-order valence-corrected chi connectivity index (χ2v) is 10.3. The topological polar surface area (TPSA) is 69.2 Å². The Morgan fingerprint density at radius 3 is 2.63 bits per heavy atom. The number of anilines is 3. The molecule has 0 spiro atoms. The average molecular weight is 542 g/mol. The number of nitrogens with one attached hydrogen (secondary N) is 2. The van der Waals surface area contributed by atoms with E-state index in [0.29, 0.717) is 23.7 Å². The second kappa shape index (κ2) is 10.8. The van der Waals surface area contributed by atoms with Crippen LogP contribution in [0.2, 0.25) is 0 Å². The molecule has 200 valence electrons. The minimum absolute atomic E-state index is 0.332. The van der Waals surface area contributed by atoms with E-state index in [9.17, 15) is 13.2 Å². The fraction of sp³-hybridized carbons (Fsp3) is 0.370. The zero-order valence-electron chi connectivity index (χ0n) is 21.3. The first-order chi connectivity index (χ1) is 18.2. The van der Waals surface area contributed by atoms with Gasteiger partial charge in [0.15, 0.2) is 0 Å². The first-order valence-corrected chi connectivity index (χ1v) is 13.7. The van der Waals surface area contributed by atoms with Crippen LogP contribution in [0.3, 0.4) is 0 Å². The summed E-state index contributed by atoms with van der Waals surface area (Å²) < 4.78 is 41.7. The van der Waals surface area contributed by atoms with Gasteiger partial charge in [-0.3, -0.25) is 4.90 Å². The number of aromatic nitrogens is 3. The van der Waals surface area contributed by atoms with Gasteiger partial charge >= 0.3 is 6.18 Å². The fourth-order valence-electron chi connectivity index (χ4n) is 5.18. The van der Waals surface area contributed by atoms with Gasteiger partial charge in [0.2, 0.25) is 5.95 Å². The molecule has 4 heterocycles. The van der Waals surface area contributed by atoms with Crippen LogP contribution >= 0.6 is 11.9 Å². The Bertz CT molecular complexity index is 1300. The van der Waals surface area contributed by atoms with E-state index in [2.05, 4.69) is 48.3 Å². The van der Waals surface area contributed by atoms with E-state index in [4.69, 9.17) is 0 Å². The first kappa shape index (κ1) is 26.3. The molecule has 2 atom stereocenters. The Labute approximate surface area is 224 Å². The van der Waals surface area contributed by atoms with Crippen molar-refractivity contribution in [3.63, 3.8) is 0 Å². The van der Waals surface area contributed by atoms with Gasteiger partial charge in [0, 0.05) is 72.9 Å². The van der Waals surface area contributed by atoms with Gasteiger partial charge in [0.05, 0.1) is 11.3 Å². The van der Waals surface area contributed by atoms with E-state index in [1.54, 1.807) is 6.20 Å². The summed E-state index contributed by atoms with van der Waals surface area (Å²) >= 11 is 1.51. The molecular formula is C27H30F3N7S. The summed E-state index contributed by atoms with van der Waals surface area (Å²) in [5, 5.41) is 3.02. The standard InChI is InChI=1S/C27H30F3N7S/c1-17-12-23(9-11-37(17)18(2)19-8-10-31-25(13-19)35-38-3)36-15-20-14-32-26(34-24(20)16-36)33-22-6-4-21(5-7-22)27(28,29)30/h4-8,10,13-14,17,23H,2,9,11-12,15-16H2,1,3H3,(H,31,35)(H,32,33,34)/t17-,23-/m1/s1. The highest BCUT2D eigenvalue weighted by atomic mass is 32.2. The van der Waals surface area contributed by atoms with Crippen LogP contribution in [0.25, 0.3) is 5.70 Å². The number of alkyl halides is 3. The normalized spacial score (nSPS) is 19.8. The number of nitrogens with zero attached hydrogens (tertiary/aromatic N) is 5. The zero-order chi connectivity index (χ0) is 26.9. The molecule has 2 N–H and O–H groups in total. The lowest BCUT2D eigenvalue weighted by molar-refractivity contribution is -0.137. The first-order valence-electron chi connectivity index (χ1n) is 12.5. The molecule has 0 radical (unpaired) electrons. The van der Waals surface area contributed by atoms with Gasteiger partial charge in [0.1, 0.15) is 5.82 Å². The number of rotatable bonds is 7. The maximum absolute atomic E-state index is 12.8. The zero-order valence-corrected chi connectivity index (χ0v) is 22.1. The Kier molecular flexibility index (Phi) is 7.49. The maximum Gasteiger partial charge on any atom is 0.416 e. The van der Waals surface area contributed by atoms with Crippen LogP contribution < -0.4 is 10.0 Å². The van der Waals surface area contributed by atoms with Crippen molar-refractivity contribution in [2.24, 2.45) is 0 Å². The summed E-state index contributed by atoms with van der Waals surface area (Å²) in [4.78, 5) is 18.2. The molecule has 5 rings (SSSR count). The number of benzene rings is 1. The molecule has 2 aliphatic rings. The van der Waals surface area contributed by atoms with Gasteiger partial charge in [-0.15, -0.1) is 0 Å². The van der Waals surface area contributed by atoms with Crippen LogP contribution in [0.15, 0.2) is 55.4 Å². The molecule has 0 amide bonds. The van der Waals surface area contributed by atoms with Gasteiger partial charge in [-0.25, -0.2) is 15.0 Å². The lowest BCUT2D eigenvalue weighted by Gasteiger charge is -2.43. The molecule has 0 bridgehead atoms. The van der Waals surface area contributed by atoms with Crippen LogP contribution in [-0.2, 0) is 19.3 Å². The van der Waals surface area contributed by atoms with E-state index >= 15 is 0 Å². The van der Waals surface area contributed by atoms with Gasteiger partial charge in [-0.1, -0.05) is 18.5 Å². The fourth-order valence-corrected chi connectivity index (χ4v) is 5.51. The molecule has 7 nitrogen and oxygen atoms in total. The molecule has 38 heavy (non-hydrogen) atoms. The summed E-state index contributed by atoms with van der Waals surface area (Å²) in [6, 6.07) is 9.66. The van der Waals surface area contributed by atoms with Crippen LogP contribution in [0.1, 0.15) is 42.1 Å². The third-order valence-corrected chi connectivity index (χ3v) is 7.57.